The second-order valence-corrected chi connectivity index (χ2v) is 5.53. The van der Waals surface area contributed by atoms with Gasteiger partial charge in [0.2, 0.25) is 5.91 Å². The first kappa shape index (κ1) is 15.6. The highest BCUT2D eigenvalue weighted by molar-refractivity contribution is 6.00. The van der Waals surface area contributed by atoms with Gasteiger partial charge in [0.15, 0.2) is 0 Å². The van der Waals surface area contributed by atoms with Crippen LogP contribution in [0.5, 0.6) is 0 Å². The monoisotopic (exact) mass is 293 g/mol. The maximum atomic E-state index is 12.9. The van der Waals surface area contributed by atoms with Gasteiger partial charge in [0.1, 0.15) is 5.54 Å². The molecular weight excluding hydrogens is 270 g/mol. The summed E-state index contributed by atoms with van der Waals surface area (Å²) in [7, 11) is 3.43. The lowest BCUT2D eigenvalue weighted by atomic mass is 9.95. The summed E-state index contributed by atoms with van der Waals surface area (Å²) in [5.74, 6) is -0.634. The number of aromatic nitrogens is 1. The van der Waals surface area contributed by atoms with Crippen LogP contribution in [0.3, 0.4) is 0 Å². The van der Waals surface area contributed by atoms with E-state index in [1.54, 1.807) is 11.0 Å². The van der Waals surface area contributed by atoms with Crippen molar-refractivity contribution in [2.24, 2.45) is 12.8 Å². The van der Waals surface area contributed by atoms with Crippen molar-refractivity contribution in [1.82, 2.24) is 9.47 Å². The minimum atomic E-state index is -1.02. The number of ether oxygens (including phenoxy) is 1. The molecule has 0 spiro atoms. The molecule has 2 amide bonds. The molecule has 21 heavy (non-hydrogen) atoms. The van der Waals surface area contributed by atoms with Crippen molar-refractivity contribution in [3.05, 3.63) is 23.5 Å². The molecule has 1 saturated heterocycles. The van der Waals surface area contributed by atoms with Gasteiger partial charge in [-0.3, -0.25) is 9.59 Å². The Hall–Kier alpha value is -1.82. The van der Waals surface area contributed by atoms with Gasteiger partial charge in [-0.2, -0.15) is 0 Å². The first-order valence-corrected chi connectivity index (χ1v) is 7.23. The molecule has 0 saturated carbocycles. The second-order valence-electron chi connectivity index (χ2n) is 5.53. The molecule has 2 heterocycles. The lowest BCUT2D eigenvalue weighted by molar-refractivity contribution is -0.130. The normalized spacial score (nSPS) is 21.8. The van der Waals surface area contributed by atoms with Crippen molar-refractivity contribution in [1.29, 1.82) is 0 Å². The molecule has 0 radical (unpaired) electrons. The predicted molar refractivity (Wildman–Crippen MR) is 78.9 cm³/mol. The van der Waals surface area contributed by atoms with E-state index < -0.39 is 11.4 Å². The molecule has 1 aliphatic rings. The first-order chi connectivity index (χ1) is 9.97. The molecule has 1 fully saturated rings. The number of primary amides is 1. The highest BCUT2D eigenvalue weighted by Gasteiger charge is 2.49. The molecule has 0 aliphatic carbocycles. The first-order valence-electron chi connectivity index (χ1n) is 7.23. The SMILES string of the molecule is CCc1c(C(=O)N2CCCC2(COC)C(N)=O)ccn1C. The summed E-state index contributed by atoms with van der Waals surface area (Å²) in [4.78, 5) is 26.4. The van der Waals surface area contributed by atoms with E-state index in [1.807, 2.05) is 24.7 Å². The lowest BCUT2D eigenvalue weighted by Gasteiger charge is -2.35. The zero-order valence-electron chi connectivity index (χ0n) is 12.9. The summed E-state index contributed by atoms with van der Waals surface area (Å²) >= 11 is 0. The predicted octanol–water partition coefficient (Wildman–Crippen LogP) is 0.694. The van der Waals surface area contributed by atoms with Crippen LogP contribution in [0, 0.1) is 0 Å². The van der Waals surface area contributed by atoms with E-state index in [9.17, 15) is 9.59 Å². The van der Waals surface area contributed by atoms with Crippen LogP contribution in [-0.2, 0) is 23.0 Å². The van der Waals surface area contributed by atoms with Crippen LogP contribution in [0.2, 0.25) is 0 Å². The molecule has 6 nitrogen and oxygen atoms in total. The Morgan fingerprint density at radius 2 is 2.19 bits per heavy atom. The Balaban J connectivity index is 2.39. The minimum absolute atomic E-state index is 0.138. The number of nitrogens with two attached hydrogens (primary N) is 1. The fourth-order valence-electron chi connectivity index (χ4n) is 3.23. The summed E-state index contributed by atoms with van der Waals surface area (Å²) in [6.07, 6.45) is 3.93. The Bertz CT molecular complexity index is 552. The van der Waals surface area contributed by atoms with Gasteiger partial charge in [-0.1, -0.05) is 6.92 Å². The van der Waals surface area contributed by atoms with Crippen molar-refractivity contribution in [3.8, 4) is 0 Å². The van der Waals surface area contributed by atoms with E-state index in [2.05, 4.69) is 0 Å². The maximum absolute atomic E-state index is 12.9. The van der Waals surface area contributed by atoms with Crippen molar-refractivity contribution >= 4 is 11.8 Å². The molecule has 1 aromatic heterocycles. The zero-order chi connectivity index (χ0) is 15.6. The van der Waals surface area contributed by atoms with Crippen molar-refractivity contribution in [2.45, 2.75) is 31.7 Å². The highest BCUT2D eigenvalue weighted by Crippen LogP contribution is 2.32. The largest absolute Gasteiger partial charge is 0.382 e. The molecule has 1 aromatic rings. The number of likely N-dealkylation sites (tertiary alicyclic amines) is 1. The number of hydrogen-bond donors (Lipinski definition) is 1. The molecule has 1 unspecified atom stereocenters. The Labute approximate surface area is 124 Å². The molecular formula is C15H23N3O3. The molecule has 1 aliphatic heterocycles. The molecule has 6 heteroatoms. The summed E-state index contributed by atoms with van der Waals surface area (Å²) in [6, 6.07) is 1.80. The summed E-state index contributed by atoms with van der Waals surface area (Å²) in [5.41, 5.74) is 6.16. The standard InChI is InChI=1S/C15H23N3O3/c1-4-12-11(6-9-17(12)2)13(19)18-8-5-7-15(18,10-21-3)14(16)20/h6,9H,4-5,7-8,10H2,1-3H3,(H2,16,20). The summed E-state index contributed by atoms with van der Waals surface area (Å²) < 4.78 is 7.10. The zero-order valence-corrected chi connectivity index (χ0v) is 12.9. The maximum Gasteiger partial charge on any atom is 0.256 e. The van der Waals surface area contributed by atoms with Crippen LogP contribution >= 0.6 is 0 Å². The average molecular weight is 293 g/mol. The highest BCUT2D eigenvalue weighted by atomic mass is 16.5. The third kappa shape index (κ3) is 2.44. The number of nitrogens with zero attached hydrogens (tertiary/aromatic N) is 2. The summed E-state index contributed by atoms with van der Waals surface area (Å²) in [5, 5.41) is 0. The molecule has 1 atom stereocenters. The number of hydrogen-bond acceptors (Lipinski definition) is 3. The van der Waals surface area contributed by atoms with Gasteiger partial charge < -0.3 is 19.9 Å². The molecule has 0 aromatic carbocycles. The molecule has 2 rings (SSSR count). The van der Waals surface area contributed by atoms with Crippen LogP contribution in [0.4, 0.5) is 0 Å². The topological polar surface area (TPSA) is 77.6 Å². The van der Waals surface area contributed by atoms with Crippen LogP contribution in [0.15, 0.2) is 12.3 Å². The number of aryl methyl sites for hydroxylation is 1. The van der Waals surface area contributed by atoms with Gasteiger partial charge in [-0.15, -0.1) is 0 Å². The number of amides is 2. The smallest absolute Gasteiger partial charge is 0.256 e. The van der Waals surface area contributed by atoms with E-state index in [0.29, 0.717) is 18.5 Å². The van der Waals surface area contributed by atoms with E-state index in [0.717, 1.165) is 18.5 Å². The number of rotatable bonds is 5. The molecule has 2 N–H and O–H groups in total. The molecule has 116 valence electrons. The van der Waals surface area contributed by atoms with Gasteiger partial charge in [-0.05, 0) is 25.3 Å². The Morgan fingerprint density at radius 3 is 2.76 bits per heavy atom. The Morgan fingerprint density at radius 1 is 1.48 bits per heavy atom. The van der Waals surface area contributed by atoms with Gasteiger partial charge in [0.25, 0.3) is 5.91 Å². The number of methoxy groups -OCH3 is 1. The number of carbonyl (C=O) groups is 2. The fraction of sp³-hybridized carbons (Fsp3) is 0.600. The quantitative estimate of drug-likeness (QED) is 0.868. The third-order valence-electron chi connectivity index (χ3n) is 4.34. The van der Waals surface area contributed by atoms with Gasteiger partial charge in [0, 0.05) is 32.6 Å². The van der Waals surface area contributed by atoms with Gasteiger partial charge >= 0.3 is 0 Å². The molecule has 0 bridgehead atoms. The average Bonchev–Trinajstić information content (AvgIpc) is 3.03. The third-order valence-corrected chi connectivity index (χ3v) is 4.34. The lowest BCUT2D eigenvalue weighted by Crippen LogP contribution is -2.58. The van der Waals surface area contributed by atoms with Crippen molar-refractivity contribution in [3.63, 3.8) is 0 Å². The van der Waals surface area contributed by atoms with Crippen LogP contribution in [0.25, 0.3) is 0 Å². The second kappa shape index (κ2) is 5.89. The van der Waals surface area contributed by atoms with Crippen molar-refractivity contribution < 1.29 is 14.3 Å². The summed E-state index contributed by atoms with van der Waals surface area (Å²) in [6.45, 7) is 2.68. The van der Waals surface area contributed by atoms with E-state index in [1.165, 1.54) is 7.11 Å². The van der Waals surface area contributed by atoms with Crippen LogP contribution in [0.1, 0.15) is 35.8 Å². The van der Waals surface area contributed by atoms with E-state index >= 15 is 0 Å². The van der Waals surface area contributed by atoms with Crippen LogP contribution < -0.4 is 5.73 Å². The van der Waals surface area contributed by atoms with E-state index in [-0.39, 0.29) is 12.5 Å². The van der Waals surface area contributed by atoms with Gasteiger partial charge in [-0.25, -0.2) is 0 Å². The van der Waals surface area contributed by atoms with Crippen molar-refractivity contribution in [2.75, 3.05) is 20.3 Å². The van der Waals surface area contributed by atoms with E-state index in [4.69, 9.17) is 10.5 Å². The van der Waals surface area contributed by atoms with Crippen LogP contribution in [-0.4, -0.2) is 47.1 Å². The fourth-order valence-corrected chi connectivity index (χ4v) is 3.23. The number of carbonyl (C=O) groups excluding carboxylic acids is 2. The van der Waals surface area contributed by atoms with Gasteiger partial charge in [0.05, 0.1) is 12.2 Å². The Kier molecular flexibility index (Phi) is 4.37. The minimum Gasteiger partial charge on any atom is -0.382 e.